The maximum Gasteiger partial charge on any atom is 0.421 e. The maximum atomic E-state index is 12.0. The quantitative estimate of drug-likeness (QED) is 0.911. The summed E-state index contributed by atoms with van der Waals surface area (Å²) >= 11 is 0. The van der Waals surface area contributed by atoms with E-state index in [1.165, 1.54) is 12.1 Å². The van der Waals surface area contributed by atoms with E-state index in [9.17, 15) is 13.2 Å². The highest BCUT2D eigenvalue weighted by molar-refractivity contribution is 7.90. The van der Waals surface area contributed by atoms with Gasteiger partial charge in [-0.2, -0.15) is 0 Å². The Hall–Kier alpha value is -2.41. The largest absolute Gasteiger partial charge is 0.448 e. The van der Waals surface area contributed by atoms with Crippen LogP contribution in [-0.2, 0) is 21.2 Å². The van der Waals surface area contributed by atoms with Gasteiger partial charge in [-0.25, -0.2) is 17.9 Å². The average molecular weight is 320 g/mol. The number of benzene rings is 1. The number of sulfonamides is 1. The third-order valence-electron chi connectivity index (χ3n) is 2.87. The zero-order valence-electron chi connectivity index (χ0n) is 12.0. The van der Waals surface area contributed by atoms with Gasteiger partial charge in [0.15, 0.2) is 0 Å². The predicted molar refractivity (Wildman–Crippen MR) is 80.8 cm³/mol. The van der Waals surface area contributed by atoms with Gasteiger partial charge in [0.25, 0.3) is 10.0 Å². The van der Waals surface area contributed by atoms with Gasteiger partial charge in [0, 0.05) is 18.3 Å². The lowest BCUT2D eigenvalue weighted by Gasteiger charge is -2.08. The minimum atomic E-state index is -3.91. The second-order valence-electron chi connectivity index (χ2n) is 4.63. The van der Waals surface area contributed by atoms with Crippen molar-refractivity contribution in [2.75, 3.05) is 6.61 Å². The summed E-state index contributed by atoms with van der Waals surface area (Å²) in [4.78, 5) is 15.6. The Labute approximate surface area is 129 Å². The van der Waals surface area contributed by atoms with Crippen molar-refractivity contribution in [2.45, 2.75) is 18.2 Å². The zero-order chi connectivity index (χ0) is 16.0. The lowest BCUT2D eigenvalue weighted by Crippen LogP contribution is -2.31. The van der Waals surface area contributed by atoms with Crippen LogP contribution >= 0.6 is 0 Å². The molecular weight excluding hydrogens is 304 g/mol. The van der Waals surface area contributed by atoms with E-state index in [-0.39, 0.29) is 11.5 Å². The van der Waals surface area contributed by atoms with Crippen molar-refractivity contribution in [3.63, 3.8) is 0 Å². The molecule has 0 aliphatic carbocycles. The Kier molecular flexibility index (Phi) is 5.11. The Morgan fingerprint density at radius 2 is 1.91 bits per heavy atom. The van der Waals surface area contributed by atoms with Gasteiger partial charge in [-0.3, -0.25) is 4.98 Å². The predicted octanol–water partition coefficient (Wildman–Crippen LogP) is 2.05. The summed E-state index contributed by atoms with van der Waals surface area (Å²) < 4.78 is 30.7. The number of rotatable bonds is 5. The summed E-state index contributed by atoms with van der Waals surface area (Å²) in [5.74, 6) is 0. The van der Waals surface area contributed by atoms with Gasteiger partial charge in [-0.05, 0) is 31.2 Å². The van der Waals surface area contributed by atoms with Gasteiger partial charge < -0.3 is 4.74 Å². The lowest BCUT2D eigenvalue weighted by atomic mass is 10.2. The minimum absolute atomic E-state index is 0.0137. The van der Waals surface area contributed by atoms with E-state index < -0.39 is 16.1 Å². The molecule has 0 atom stereocenters. The van der Waals surface area contributed by atoms with Crippen LogP contribution in [0.4, 0.5) is 4.79 Å². The van der Waals surface area contributed by atoms with E-state index in [2.05, 4.69) is 4.98 Å². The van der Waals surface area contributed by atoms with Gasteiger partial charge in [0.1, 0.15) is 0 Å². The van der Waals surface area contributed by atoms with Gasteiger partial charge >= 0.3 is 6.09 Å². The molecule has 0 aliphatic heterocycles. The van der Waals surface area contributed by atoms with E-state index >= 15 is 0 Å². The highest BCUT2D eigenvalue weighted by atomic mass is 32.2. The van der Waals surface area contributed by atoms with E-state index in [1.807, 2.05) is 17.7 Å². The fourth-order valence-electron chi connectivity index (χ4n) is 1.71. The number of pyridine rings is 1. The van der Waals surface area contributed by atoms with Gasteiger partial charge in [0.05, 0.1) is 11.5 Å². The Morgan fingerprint density at radius 1 is 1.18 bits per heavy atom. The number of nitrogens with one attached hydrogen (secondary N) is 1. The Bertz CT molecular complexity index is 728. The van der Waals surface area contributed by atoms with Crippen molar-refractivity contribution in [2.24, 2.45) is 0 Å². The second kappa shape index (κ2) is 7.04. The summed E-state index contributed by atoms with van der Waals surface area (Å²) in [6.45, 7) is 1.89. The van der Waals surface area contributed by atoms with Crippen LogP contribution in [0.5, 0.6) is 0 Å². The van der Waals surface area contributed by atoms with E-state index in [4.69, 9.17) is 4.74 Å². The number of aryl methyl sites for hydroxylation is 1. The molecule has 0 spiro atoms. The average Bonchev–Trinajstić information content (AvgIpc) is 2.48. The molecule has 2 rings (SSSR count). The molecule has 0 unspecified atom stereocenters. The standard InChI is InChI=1S/C15H16N2O4S/c1-12-5-7-14(8-6-12)22(19,20)17-15(18)21-11-9-13-4-2-3-10-16-13/h2-8,10H,9,11H2,1H3,(H,17,18). The SMILES string of the molecule is Cc1ccc(S(=O)(=O)NC(=O)OCCc2ccccn2)cc1. The molecule has 0 radical (unpaired) electrons. The highest BCUT2D eigenvalue weighted by Gasteiger charge is 2.18. The van der Waals surface area contributed by atoms with Crippen LogP contribution in [0.25, 0.3) is 0 Å². The molecule has 0 bridgehead atoms. The number of ether oxygens (including phenoxy) is 1. The van der Waals surface area contributed by atoms with E-state index in [0.29, 0.717) is 6.42 Å². The highest BCUT2D eigenvalue weighted by Crippen LogP contribution is 2.09. The molecule has 1 N–H and O–H groups in total. The third-order valence-corrected chi connectivity index (χ3v) is 4.19. The Morgan fingerprint density at radius 3 is 2.55 bits per heavy atom. The molecule has 0 saturated heterocycles. The van der Waals surface area contributed by atoms with Crippen LogP contribution < -0.4 is 4.72 Å². The zero-order valence-corrected chi connectivity index (χ0v) is 12.8. The lowest BCUT2D eigenvalue weighted by molar-refractivity contribution is 0.153. The van der Waals surface area contributed by atoms with Crippen molar-refractivity contribution < 1.29 is 17.9 Å². The molecular formula is C15H16N2O4S. The molecule has 22 heavy (non-hydrogen) atoms. The molecule has 1 amide bonds. The monoisotopic (exact) mass is 320 g/mol. The normalized spacial score (nSPS) is 11.0. The first-order valence-electron chi connectivity index (χ1n) is 6.63. The van der Waals surface area contributed by atoms with Gasteiger partial charge in [-0.15, -0.1) is 0 Å². The van der Waals surface area contributed by atoms with Crippen LogP contribution in [0.2, 0.25) is 0 Å². The van der Waals surface area contributed by atoms with E-state index in [0.717, 1.165) is 11.3 Å². The van der Waals surface area contributed by atoms with Crippen LogP contribution in [0.1, 0.15) is 11.3 Å². The third kappa shape index (κ3) is 4.56. The van der Waals surface area contributed by atoms with Crippen molar-refractivity contribution >= 4 is 16.1 Å². The molecule has 7 heteroatoms. The van der Waals surface area contributed by atoms with Crippen molar-refractivity contribution in [1.82, 2.24) is 9.71 Å². The topological polar surface area (TPSA) is 85.4 Å². The molecule has 1 heterocycles. The first-order chi connectivity index (χ1) is 10.5. The molecule has 1 aromatic carbocycles. The van der Waals surface area contributed by atoms with Crippen LogP contribution in [0.3, 0.4) is 0 Å². The van der Waals surface area contributed by atoms with E-state index in [1.54, 1.807) is 30.5 Å². The van der Waals surface area contributed by atoms with Crippen molar-refractivity contribution in [1.29, 1.82) is 0 Å². The van der Waals surface area contributed by atoms with Crippen LogP contribution in [0.15, 0.2) is 53.6 Å². The van der Waals surface area contributed by atoms with Gasteiger partial charge in [0.2, 0.25) is 0 Å². The summed E-state index contributed by atoms with van der Waals surface area (Å²) in [7, 11) is -3.91. The number of hydrogen-bond donors (Lipinski definition) is 1. The number of amides is 1. The number of carbonyl (C=O) groups is 1. The molecule has 2 aromatic rings. The summed E-state index contributed by atoms with van der Waals surface area (Å²) in [5, 5.41) is 0. The summed E-state index contributed by atoms with van der Waals surface area (Å²) in [6.07, 6.45) is 1.05. The molecule has 0 saturated carbocycles. The van der Waals surface area contributed by atoms with Crippen LogP contribution in [0, 0.1) is 6.92 Å². The smallest absolute Gasteiger partial charge is 0.421 e. The number of carbonyl (C=O) groups excluding carboxylic acids is 1. The first-order valence-corrected chi connectivity index (χ1v) is 8.12. The minimum Gasteiger partial charge on any atom is -0.448 e. The molecule has 116 valence electrons. The maximum absolute atomic E-state index is 12.0. The van der Waals surface area contributed by atoms with Crippen molar-refractivity contribution in [3.05, 3.63) is 59.9 Å². The summed E-state index contributed by atoms with van der Waals surface area (Å²) in [5.41, 5.74) is 1.69. The molecule has 6 nitrogen and oxygen atoms in total. The van der Waals surface area contributed by atoms with Crippen molar-refractivity contribution in [3.8, 4) is 0 Å². The first kappa shape index (κ1) is 16.0. The number of hydrogen-bond acceptors (Lipinski definition) is 5. The fraction of sp³-hybridized carbons (Fsp3) is 0.200. The van der Waals surface area contributed by atoms with Crippen LogP contribution in [-0.4, -0.2) is 26.1 Å². The summed E-state index contributed by atoms with van der Waals surface area (Å²) in [6, 6.07) is 11.6. The number of nitrogens with zero attached hydrogens (tertiary/aromatic N) is 1. The molecule has 1 aromatic heterocycles. The Balaban J connectivity index is 1.87. The van der Waals surface area contributed by atoms with Gasteiger partial charge in [-0.1, -0.05) is 23.8 Å². The molecule has 0 fully saturated rings. The molecule has 0 aliphatic rings. The second-order valence-corrected chi connectivity index (χ2v) is 6.31. The fourth-order valence-corrected chi connectivity index (χ4v) is 2.60. The number of aromatic nitrogens is 1.